The molecule has 0 amide bonds. The zero-order valence-corrected chi connectivity index (χ0v) is 13.7. The van der Waals surface area contributed by atoms with Crippen LogP contribution in [0.3, 0.4) is 0 Å². The molecule has 1 N–H and O–H groups in total. The van der Waals surface area contributed by atoms with E-state index in [-0.39, 0.29) is 0 Å². The first-order valence-electron chi connectivity index (χ1n) is 8.28. The average Bonchev–Trinajstić information content (AvgIpc) is 3.07. The lowest BCUT2D eigenvalue weighted by atomic mass is 10.1. The molecule has 2 aliphatic rings. The van der Waals surface area contributed by atoms with Gasteiger partial charge in [-0.25, -0.2) is 0 Å². The second kappa shape index (κ2) is 6.61. The van der Waals surface area contributed by atoms with Crippen molar-refractivity contribution in [2.45, 2.75) is 25.9 Å². The molecule has 4 rings (SSSR count). The highest BCUT2D eigenvalue weighted by Gasteiger charge is 2.15. The van der Waals surface area contributed by atoms with E-state index in [4.69, 9.17) is 18.9 Å². The summed E-state index contributed by atoms with van der Waals surface area (Å²) in [6, 6.07) is 12.6. The zero-order valence-electron chi connectivity index (χ0n) is 13.7. The van der Waals surface area contributed by atoms with Crippen LogP contribution < -0.4 is 24.3 Å². The molecule has 2 aliphatic heterocycles. The van der Waals surface area contributed by atoms with Crippen LogP contribution in [0.1, 0.15) is 18.1 Å². The summed E-state index contributed by atoms with van der Waals surface area (Å²) < 4.78 is 22.0. The molecule has 5 heteroatoms. The van der Waals surface area contributed by atoms with E-state index in [0.29, 0.717) is 26.0 Å². The van der Waals surface area contributed by atoms with Gasteiger partial charge in [0.05, 0.1) is 0 Å². The summed E-state index contributed by atoms with van der Waals surface area (Å²) in [6.45, 7) is 4.53. The highest BCUT2D eigenvalue weighted by Crippen LogP contribution is 2.33. The van der Waals surface area contributed by atoms with E-state index in [1.54, 1.807) is 0 Å². The third-order valence-electron chi connectivity index (χ3n) is 4.24. The van der Waals surface area contributed by atoms with E-state index in [0.717, 1.165) is 36.0 Å². The van der Waals surface area contributed by atoms with E-state index in [1.165, 1.54) is 11.1 Å². The Morgan fingerprint density at radius 2 is 1.46 bits per heavy atom. The molecular formula is C19H21NO4. The summed E-state index contributed by atoms with van der Waals surface area (Å²) in [5.41, 5.74) is 2.43. The minimum absolute atomic E-state index is 0.312. The molecule has 5 nitrogen and oxygen atoms in total. The Bertz CT molecular complexity index is 731. The van der Waals surface area contributed by atoms with E-state index in [1.807, 2.05) is 18.2 Å². The summed E-state index contributed by atoms with van der Waals surface area (Å²) in [6.07, 6.45) is 0.932. The van der Waals surface area contributed by atoms with Crippen molar-refractivity contribution in [2.75, 3.05) is 20.0 Å². The first-order valence-corrected chi connectivity index (χ1v) is 8.28. The maximum Gasteiger partial charge on any atom is 0.231 e. The topological polar surface area (TPSA) is 49.0 Å². The van der Waals surface area contributed by atoms with E-state index in [2.05, 4.69) is 30.4 Å². The van der Waals surface area contributed by atoms with E-state index >= 15 is 0 Å². The van der Waals surface area contributed by atoms with Crippen LogP contribution in [0.15, 0.2) is 36.4 Å². The number of hydrogen-bond donors (Lipinski definition) is 1. The number of fused-ring (bicyclic) bond motifs is 2. The monoisotopic (exact) mass is 327 g/mol. The molecule has 0 saturated carbocycles. The lowest BCUT2D eigenvalue weighted by molar-refractivity contribution is 0.171. The van der Waals surface area contributed by atoms with Crippen molar-refractivity contribution in [2.24, 2.45) is 0 Å². The van der Waals surface area contributed by atoms with Crippen LogP contribution in [0.4, 0.5) is 0 Å². The smallest absolute Gasteiger partial charge is 0.231 e. The van der Waals surface area contributed by atoms with Crippen molar-refractivity contribution in [3.05, 3.63) is 47.5 Å². The van der Waals surface area contributed by atoms with Crippen LogP contribution in [0.5, 0.6) is 23.0 Å². The van der Waals surface area contributed by atoms with Crippen LogP contribution in [0.25, 0.3) is 0 Å². The largest absolute Gasteiger partial charge is 0.486 e. The van der Waals surface area contributed by atoms with Gasteiger partial charge in [0.2, 0.25) is 6.79 Å². The summed E-state index contributed by atoms with van der Waals surface area (Å²) in [5.74, 6) is 3.34. The van der Waals surface area contributed by atoms with Gasteiger partial charge in [0.15, 0.2) is 23.0 Å². The minimum atomic E-state index is 0.312. The summed E-state index contributed by atoms with van der Waals surface area (Å²) >= 11 is 0. The first kappa shape index (κ1) is 15.1. The Morgan fingerprint density at radius 3 is 2.33 bits per heavy atom. The molecule has 0 aromatic heterocycles. The lowest BCUT2D eigenvalue weighted by Gasteiger charge is -2.20. The van der Waals surface area contributed by atoms with Crippen molar-refractivity contribution in [3.63, 3.8) is 0 Å². The Labute approximate surface area is 141 Å². The third kappa shape index (κ3) is 3.26. The SMILES string of the molecule is CC(Cc1ccc2c(c1)OCCO2)NCc1ccc2c(c1)OCO2. The molecule has 24 heavy (non-hydrogen) atoms. The Hall–Kier alpha value is -2.40. The summed E-state index contributed by atoms with van der Waals surface area (Å²) in [7, 11) is 0. The van der Waals surface area contributed by atoms with Gasteiger partial charge in [-0.1, -0.05) is 12.1 Å². The van der Waals surface area contributed by atoms with Gasteiger partial charge in [0, 0.05) is 12.6 Å². The molecule has 2 aromatic carbocycles. The molecule has 2 aromatic rings. The molecule has 0 fully saturated rings. The van der Waals surface area contributed by atoms with Crippen LogP contribution >= 0.6 is 0 Å². The molecule has 1 unspecified atom stereocenters. The van der Waals surface area contributed by atoms with Crippen molar-refractivity contribution < 1.29 is 18.9 Å². The van der Waals surface area contributed by atoms with E-state index < -0.39 is 0 Å². The number of nitrogens with one attached hydrogen (secondary N) is 1. The quantitative estimate of drug-likeness (QED) is 0.915. The molecular weight excluding hydrogens is 306 g/mol. The van der Waals surface area contributed by atoms with Crippen molar-refractivity contribution >= 4 is 0 Å². The highest BCUT2D eigenvalue weighted by atomic mass is 16.7. The van der Waals surface area contributed by atoms with Crippen LogP contribution in [-0.4, -0.2) is 26.0 Å². The fraction of sp³-hybridized carbons (Fsp3) is 0.368. The Balaban J connectivity index is 1.34. The molecule has 0 aliphatic carbocycles. The number of rotatable bonds is 5. The van der Waals surface area contributed by atoms with Gasteiger partial charge in [-0.15, -0.1) is 0 Å². The highest BCUT2D eigenvalue weighted by molar-refractivity contribution is 5.45. The third-order valence-corrected chi connectivity index (χ3v) is 4.24. The lowest BCUT2D eigenvalue weighted by Crippen LogP contribution is -2.27. The van der Waals surface area contributed by atoms with Gasteiger partial charge in [0.25, 0.3) is 0 Å². The van der Waals surface area contributed by atoms with Gasteiger partial charge in [-0.2, -0.15) is 0 Å². The maximum absolute atomic E-state index is 5.65. The number of ether oxygens (including phenoxy) is 4. The van der Waals surface area contributed by atoms with Crippen LogP contribution in [0, 0.1) is 0 Å². The minimum Gasteiger partial charge on any atom is -0.486 e. The van der Waals surface area contributed by atoms with E-state index in [9.17, 15) is 0 Å². The Kier molecular flexibility index (Phi) is 4.17. The second-order valence-corrected chi connectivity index (χ2v) is 6.15. The van der Waals surface area contributed by atoms with Crippen LogP contribution in [0.2, 0.25) is 0 Å². The predicted octanol–water partition coefficient (Wildman–Crippen LogP) is 2.91. The average molecular weight is 327 g/mol. The van der Waals surface area contributed by atoms with Crippen molar-refractivity contribution in [3.8, 4) is 23.0 Å². The molecule has 0 radical (unpaired) electrons. The summed E-state index contributed by atoms with van der Waals surface area (Å²) in [5, 5.41) is 3.55. The van der Waals surface area contributed by atoms with Gasteiger partial charge in [0.1, 0.15) is 13.2 Å². The normalized spacial score (nSPS) is 16.0. The number of hydrogen-bond acceptors (Lipinski definition) is 5. The molecule has 2 heterocycles. The van der Waals surface area contributed by atoms with Crippen LogP contribution in [-0.2, 0) is 13.0 Å². The number of benzene rings is 2. The van der Waals surface area contributed by atoms with Crippen molar-refractivity contribution in [1.29, 1.82) is 0 Å². The second-order valence-electron chi connectivity index (χ2n) is 6.15. The fourth-order valence-electron chi connectivity index (χ4n) is 2.98. The maximum atomic E-state index is 5.65. The molecule has 0 spiro atoms. The first-order chi connectivity index (χ1) is 11.8. The molecule has 0 bridgehead atoms. The molecule has 126 valence electrons. The standard InChI is InChI=1S/C19H21NO4/c1-13(8-14-2-4-16-18(9-14)22-7-6-21-16)20-11-15-3-5-17-19(10-15)24-12-23-17/h2-5,9-10,13,20H,6-8,11-12H2,1H3. The molecule has 0 saturated heterocycles. The predicted molar refractivity (Wildman–Crippen MR) is 90.0 cm³/mol. The van der Waals surface area contributed by atoms with Gasteiger partial charge in [-0.05, 0) is 48.7 Å². The van der Waals surface area contributed by atoms with Crippen molar-refractivity contribution in [1.82, 2.24) is 5.32 Å². The Morgan fingerprint density at radius 1 is 0.833 bits per heavy atom. The molecule has 1 atom stereocenters. The van der Waals surface area contributed by atoms with Gasteiger partial charge >= 0.3 is 0 Å². The summed E-state index contributed by atoms with van der Waals surface area (Å²) in [4.78, 5) is 0. The fourth-order valence-corrected chi connectivity index (χ4v) is 2.98. The van der Waals surface area contributed by atoms with Gasteiger partial charge in [-0.3, -0.25) is 0 Å². The zero-order chi connectivity index (χ0) is 16.4. The van der Waals surface area contributed by atoms with Gasteiger partial charge < -0.3 is 24.3 Å².